The minimum atomic E-state index is 0.960. The minimum Gasteiger partial charge on any atom is -0.381 e. The highest BCUT2D eigenvalue weighted by atomic mass is 16.5. The second-order valence-corrected chi connectivity index (χ2v) is 10.3. The molecule has 0 amide bonds. The molecule has 2 aliphatic carbocycles. The van der Waals surface area contributed by atoms with Gasteiger partial charge < -0.3 is 4.74 Å². The fourth-order valence-corrected chi connectivity index (χ4v) is 6.03. The van der Waals surface area contributed by atoms with Crippen molar-refractivity contribution in [3.8, 4) is 0 Å². The zero-order valence-electron chi connectivity index (χ0n) is 20.1. The van der Waals surface area contributed by atoms with Gasteiger partial charge in [0.15, 0.2) is 0 Å². The third-order valence-electron chi connectivity index (χ3n) is 7.97. The van der Waals surface area contributed by atoms with Gasteiger partial charge >= 0.3 is 0 Å². The third kappa shape index (κ3) is 9.29. The van der Waals surface area contributed by atoms with E-state index in [-0.39, 0.29) is 0 Å². The van der Waals surface area contributed by atoms with Gasteiger partial charge in [-0.05, 0) is 89.9 Å². The molecule has 3 rings (SSSR count). The summed E-state index contributed by atoms with van der Waals surface area (Å²) in [4.78, 5) is 0. The van der Waals surface area contributed by atoms with Crippen molar-refractivity contribution < 1.29 is 4.74 Å². The Balaban J connectivity index is 1.62. The predicted molar refractivity (Wildman–Crippen MR) is 131 cm³/mol. The van der Waals surface area contributed by atoms with E-state index in [4.69, 9.17) is 4.74 Å². The summed E-state index contributed by atoms with van der Waals surface area (Å²) >= 11 is 0. The van der Waals surface area contributed by atoms with Crippen LogP contribution in [0.2, 0.25) is 0 Å². The van der Waals surface area contributed by atoms with Gasteiger partial charge in [-0.25, -0.2) is 0 Å². The highest BCUT2D eigenvalue weighted by Gasteiger charge is 2.13. The van der Waals surface area contributed by atoms with Crippen molar-refractivity contribution in [3.05, 3.63) is 22.3 Å². The summed E-state index contributed by atoms with van der Waals surface area (Å²) in [5, 5.41) is 0. The van der Waals surface area contributed by atoms with E-state index < -0.39 is 0 Å². The molecule has 0 saturated heterocycles. The van der Waals surface area contributed by atoms with Crippen molar-refractivity contribution in [2.75, 3.05) is 13.2 Å². The predicted octanol–water partition coefficient (Wildman–Crippen LogP) is 9.61. The molecule has 0 bridgehead atoms. The van der Waals surface area contributed by atoms with Gasteiger partial charge in [0, 0.05) is 0 Å². The number of hydrogen-bond acceptors (Lipinski definition) is 1. The molecule has 3 aliphatic rings. The zero-order valence-corrected chi connectivity index (χ0v) is 20.1. The maximum Gasteiger partial charge on any atom is 0.0503 e. The molecular weight excluding hydrogens is 364 g/mol. The van der Waals surface area contributed by atoms with Gasteiger partial charge in [0.2, 0.25) is 0 Å². The normalized spacial score (nSPS) is 30.4. The van der Waals surface area contributed by atoms with Gasteiger partial charge in [-0.15, -0.1) is 0 Å². The van der Waals surface area contributed by atoms with Crippen molar-refractivity contribution in [2.24, 2.45) is 0 Å². The van der Waals surface area contributed by atoms with E-state index >= 15 is 0 Å². The van der Waals surface area contributed by atoms with E-state index in [0.29, 0.717) is 0 Å². The summed E-state index contributed by atoms with van der Waals surface area (Å²) in [7, 11) is 0. The maximum absolute atomic E-state index is 6.26. The Morgan fingerprint density at radius 1 is 0.267 bits per heavy atom. The smallest absolute Gasteiger partial charge is 0.0503 e. The van der Waals surface area contributed by atoms with Crippen LogP contribution in [-0.2, 0) is 4.74 Å². The molecule has 1 heterocycles. The van der Waals surface area contributed by atoms with Crippen LogP contribution in [0.3, 0.4) is 0 Å². The third-order valence-corrected chi connectivity index (χ3v) is 7.97. The van der Waals surface area contributed by atoms with Crippen LogP contribution in [0.25, 0.3) is 0 Å². The Labute approximate surface area is 188 Å². The van der Waals surface area contributed by atoms with E-state index in [0.717, 1.165) is 13.2 Å². The monoisotopic (exact) mass is 414 g/mol. The van der Waals surface area contributed by atoms with E-state index in [1.807, 2.05) is 11.1 Å². The van der Waals surface area contributed by atoms with Crippen molar-refractivity contribution in [2.45, 2.75) is 148 Å². The van der Waals surface area contributed by atoms with E-state index in [1.54, 1.807) is 11.1 Å². The Kier molecular flexibility index (Phi) is 12.3. The van der Waals surface area contributed by atoms with E-state index in [1.165, 1.54) is 148 Å². The Bertz CT molecular complexity index is 434. The second-order valence-electron chi connectivity index (χ2n) is 10.3. The largest absolute Gasteiger partial charge is 0.381 e. The quantitative estimate of drug-likeness (QED) is 0.358. The molecule has 1 nitrogen and oxygen atoms in total. The van der Waals surface area contributed by atoms with Crippen LogP contribution in [0, 0.1) is 0 Å². The molecule has 0 aromatic rings. The molecule has 30 heavy (non-hydrogen) atoms. The van der Waals surface area contributed by atoms with Crippen molar-refractivity contribution >= 4 is 0 Å². The molecular formula is C29H50O. The molecule has 0 radical (unpaired) electrons. The van der Waals surface area contributed by atoms with E-state index in [2.05, 4.69) is 0 Å². The van der Waals surface area contributed by atoms with Crippen molar-refractivity contribution in [3.63, 3.8) is 0 Å². The summed E-state index contributed by atoms with van der Waals surface area (Å²) < 4.78 is 6.26. The van der Waals surface area contributed by atoms with Crippen LogP contribution in [-0.4, -0.2) is 13.2 Å². The molecule has 0 fully saturated rings. The summed E-state index contributed by atoms with van der Waals surface area (Å²) in [6.45, 7) is 1.92. The Morgan fingerprint density at radius 2 is 0.500 bits per heavy atom. The topological polar surface area (TPSA) is 9.23 Å². The fraction of sp³-hybridized carbons (Fsp3) is 0.862. The standard InChI is InChI=1S/C29H50O/c1-3-7-12-20-28-22-24-30-25-23-29-21-13-8-4-2-6-11-17-27(29)19-15-9-14-18-26(28)16-10-5-1/h1-25H2/b28-26-,29-27-. The number of rotatable bonds is 0. The summed E-state index contributed by atoms with van der Waals surface area (Å²) in [6.07, 6.45) is 32.2. The molecule has 0 unspecified atom stereocenters. The number of hydrogen-bond donors (Lipinski definition) is 0. The molecule has 172 valence electrons. The lowest BCUT2D eigenvalue weighted by atomic mass is 9.88. The van der Waals surface area contributed by atoms with Crippen LogP contribution in [0.1, 0.15) is 148 Å². The van der Waals surface area contributed by atoms with Crippen molar-refractivity contribution in [1.29, 1.82) is 0 Å². The molecule has 0 atom stereocenters. The highest BCUT2D eigenvalue weighted by Crippen LogP contribution is 2.31. The lowest BCUT2D eigenvalue weighted by molar-refractivity contribution is 0.138. The first kappa shape index (κ1) is 24.1. The minimum absolute atomic E-state index is 0.960. The summed E-state index contributed by atoms with van der Waals surface area (Å²) in [6, 6.07) is 0. The Morgan fingerprint density at radius 3 is 0.833 bits per heavy atom. The molecule has 0 N–H and O–H groups in total. The van der Waals surface area contributed by atoms with Crippen LogP contribution in [0.4, 0.5) is 0 Å². The van der Waals surface area contributed by atoms with Crippen LogP contribution < -0.4 is 0 Å². The zero-order chi connectivity index (χ0) is 20.7. The molecule has 1 heteroatoms. The van der Waals surface area contributed by atoms with Gasteiger partial charge in [-0.3, -0.25) is 0 Å². The summed E-state index contributed by atoms with van der Waals surface area (Å²) in [5.41, 5.74) is 7.28. The van der Waals surface area contributed by atoms with Gasteiger partial charge in [-0.1, -0.05) is 80.1 Å². The Hall–Kier alpha value is -0.560. The molecule has 1 aliphatic heterocycles. The highest BCUT2D eigenvalue weighted by molar-refractivity contribution is 5.16. The fourth-order valence-electron chi connectivity index (χ4n) is 6.03. The van der Waals surface area contributed by atoms with Crippen LogP contribution in [0.15, 0.2) is 22.3 Å². The van der Waals surface area contributed by atoms with Crippen LogP contribution >= 0.6 is 0 Å². The molecule has 0 aromatic heterocycles. The SMILES string of the molecule is C1CCCC/C2=C(\CCC1)CCCCC/C1=C(/CCCCCCCC1)CCOCC2. The lowest BCUT2D eigenvalue weighted by Gasteiger charge is -2.21. The van der Waals surface area contributed by atoms with Gasteiger partial charge in [0.1, 0.15) is 0 Å². The van der Waals surface area contributed by atoms with Gasteiger partial charge in [0.25, 0.3) is 0 Å². The maximum atomic E-state index is 6.26. The van der Waals surface area contributed by atoms with Gasteiger partial charge in [-0.2, -0.15) is 0 Å². The number of ether oxygens (including phenoxy) is 1. The second kappa shape index (κ2) is 15.3. The average molecular weight is 415 g/mol. The first-order valence-electron chi connectivity index (χ1n) is 13.9. The number of allylic oxidation sites excluding steroid dienone is 2. The summed E-state index contributed by atoms with van der Waals surface area (Å²) in [5.74, 6) is 0. The van der Waals surface area contributed by atoms with Crippen molar-refractivity contribution in [1.82, 2.24) is 0 Å². The average Bonchev–Trinajstić information content (AvgIpc) is 2.77. The van der Waals surface area contributed by atoms with Crippen LogP contribution in [0.5, 0.6) is 0 Å². The first-order chi connectivity index (χ1) is 14.9. The molecule has 0 spiro atoms. The van der Waals surface area contributed by atoms with Gasteiger partial charge in [0.05, 0.1) is 13.2 Å². The van der Waals surface area contributed by atoms with E-state index in [9.17, 15) is 0 Å². The lowest BCUT2D eigenvalue weighted by Crippen LogP contribution is -2.06. The first-order valence-corrected chi connectivity index (χ1v) is 13.9. The molecule has 0 aromatic carbocycles. The molecule has 0 saturated carbocycles.